The van der Waals surface area contributed by atoms with Crippen LogP contribution in [0.15, 0.2) is 0 Å². The molecule has 0 bridgehead atoms. The molecule has 1 nitrogen and oxygen atoms in total. The molecule has 2 rings (SSSR count). The summed E-state index contributed by atoms with van der Waals surface area (Å²) in [5.41, 5.74) is 0.595. The molecular weight excluding hydrogens is 230 g/mol. The highest BCUT2D eigenvalue weighted by Crippen LogP contribution is 2.45. The van der Waals surface area contributed by atoms with Gasteiger partial charge in [0.2, 0.25) is 0 Å². The van der Waals surface area contributed by atoms with E-state index in [0.29, 0.717) is 11.5 Å². The molecule has 0 amide bonds. The maximum Gasteiger partial charge on any atom is 0.00104 e. The maximum absolute atomic E-state index is 3.70. The quantitative estimate of drug-likeness (QED) is 0.737. The summed E-state index contributed by atoms with van der Waals surface area (Å²) in [6, 6.07) is 0.641. The van der Waals surface area contributed by atoms with Crippen LogP contribution in [0.5, 0.6) is 0 Å². The van der Waals surface area contributed by atoms with Crippen molar-refractivity contribution in [2.24, 2.45) is 23.2 Å². The molecule has 1 heteroatoms. The van der Waals surface area contributed by atoms with Crippen molar-refractivity contribution in [3.63, 3.8) is 0 Å². The minimum absolute atomic E-state index is 0.595. The van der Waals surface area contributed by atoms with E-state index in [1.807, 2.05) is 0 Å². The van der Waals surface area contributed by atoms with Crippen LogP contribution in [0.25, 0.3) is 0 Å². The van der Waals surface area contributed by atoms with Crippen molar-refractivity contribution >= 4 is 0 Å². The van der Waals surface area contributed by atoms with E-state index in [0.717, 1.165) is 17.8 Å². The van der Waals surface area contributed by atoms with Crippen LogP contribution in [0.3, 0.4) is 0 Å². The molecule has 0 aliphatic heterocycles. The summed E-state index contributed by atoms with van der Waals surface area (Å²) in [6.45, 7) is 10.8. The third-order valence-electron chi connectivity index (χ3n) is 5.57. The smallest absolute Gasteiger partial charge is 0.00104 e. The van der Waals surface area contributed by atoms with Crippen molar-refractivity contribution in [2.75, 3.05) is 6.54 Å². The van der Waals surface area contributed by atoms with Crippen molar-refractivity contribution in [3.8, 4) is 0 Å². The Bertz CT molecular complexity index is 261. The molecule has 0 aromatic heterocycles. The van der Waals surface area contributed by atoms with E-state index in [2.05, 4.69) is 33.0 Å². The summed E-state index contributed by atoms with van der Waals surface area (Å²) in [5.74, 6) is 2.98. The fourth-order valence-corrected chi connectivity index (χ4v) is 4.40. The molecule has 2 aliphatic rings. The highest BCUT2D eigenvalue weighted by molar-refractivity contribution is 4.88. The SMILES string of the molecule is CC(C)NCC1CCC(C)(C)CC1CC1CCCC1. The molecule has 1 N–H and O–H groups in total. The topological polar surface area (TPSA) is 12.0 Å². The number of hydrogen-bond acceptors (Lipinski definition) is 1. The molecule has 112 valence electrons. The molecule has 0 aromatic carbocycles. The van der Waals surface area contributed by atoms with E-state index < -0.39 is 0 Å². The summed E-state index contributed by atoms with van der Waals surface area (Å²) in [6.07, 6.45) is 11.9. The third-order valence-corrected chi connectivity index (χ3v) is 5.57. The molecule has 0 saturated heterocycles. The zero-order valence-corrected chi connectivity index (χ0v) is 13.7. The van der Waals surface area contributed by atoms with Crippen LogP contribution in [-0.2, 0) is 0 Å². The molecule has 0 radical (unpaired) electrons. The van der Waals surface area contributed by atoms with Gasteiger partial charge in [0.05, 0.1) is 0 Å². The van der Waals surface area contributed by atoms with Gasteiger partial charge >= 0.3 is 0 Å². The molecule has 0 aromatic rings. The Labute approximate surface area is 120 Å². The normalized spacial score (nSPS) is 32.1. The van der Waals surface area contributed by atoms with E-state index in [9.17, 15) is 0 Å². The summed E-state index contributed by atoms with van der Waals surface area (Å²) in [7, 11) is 0. The fraction of sp³-hybridized carbons (Fsp3) is 1.00. The van der Waals surface area contributed by atoms with Crippen LogP contribution in [0.1, 0.15) is 79.1 Å². The van der Waals surface area contributed by atoms with E-state index in [1.54, 1.807) is 0 Å². The first-order chi connectivity index (χ1) is 8.96. The van der Waals surface area contributed by atoms with Gasteiger partial charge < -0.3 is 5.32 Å². The van der Waals surface area contributed by atoms with Crippen LogP contribution in [0.2, 0.25) is 0 Å². The predicted molar refractivity (Wildman–Crippen MR) is 84.3 cm³/mol. The zero-order chi connectivity index (χ0) is 13.9. The van der Waals surface area contributed by atoms with Crippen molar-refractivity contribution in [3.05, 3.63) is 0 Å². The largest absolute Gasteiger partial charge is 0.314 e. The van der Waals surface area contributed by atoms with E-state index in [-0.39, 0.29) is 0 Å². The number of nitrogens with one attached hydrogen (secondary N) is 1. The first kappa shape index (κ1) is 15.4. The lowest BCUT2D eigenvalue weighted by molar-refractivity contribution is 0.0961. The van der Waals surface area contributed by atoms with Crippen molar-refractivity contribution in [2.45, 2.75) is 85.1 Å². The summed E-state index contributed by atoms with van der Waals surface area (Å²) in [5, 5.41) is 3.70. The minimum Gasteiger partial charge on any atom is -0.314 e. The molecule has 2 aliphatic carbocycles. The molecular formula is C18H35N. The Morgan fingerprint density at radius 3 is 2.37 bits per heavy atom. The molecule has 19 heavy (non-hydrogen) atoms. The van der Waals surface area contributed by atoms with Gasteiger partial charge in [-0.05, 0) is 55.4 Å². The Balaban J connectivity index is 1.90. The lowest BCUT2D eigenvalue weighted by Gasteiger charge is -2.42. The van der Waals surface area contributed by atoms with Crippen LogP contribution < -0.4 is 5.32 Å². The van der Waals surface area contributed by atoms with Gasteiger partial charge in [0, 0.05) is 6.04 Å². The first-order valence-corrected chi connectivity index (χ1v) is 8.70. The Morgan fingerprint density at radius 2 is 1.74 bits per heavy atom. The molecule has 2 unspecified atom stereocenters. The number of rotatable bonds is 5. The van der Waals surface area contributed by atoms with Gasteiger partial charge in [-0.25, -0.2) is 0 Å². The van der Waals surface area contributed by atoms with Crippen LogP contribution in [-0.4, -0.2) is 12.6 Å². The minimum atomic E-state index is 0.595. The van der Waals surface area contributed by atoms with Gasteiger partial charge in [-0.3, -0.25) is 0 Å². The highest BCUT2D eigenvalue weighted by atomic mass is 14.9. The lowest BCUT2D eigenvalue weighted by Crippen LogP contribution is -2.38. The Kier molecular flexibility index (Phi) is 5.34. The molecule has 2 atom stereocenters. The molecule has 0 spiro atoms. The summed E-state index contributed by atoms with van der Waals surface area (Å²) in [4.78, 5) is 0. The second-order valence-corrected chi connectivity index (χ2v) is 8.38. The Hall–Kier alpha value is -0.0400. The predicted octanol–water partition coefficient (Wildman–Crippen LogP) is 5.01. The first-order valence-electron chi connectivity index (χ1n) is 8.70. The highest BCUT2D eigenvalue weighted by Gasteiger charge is 2.36. The van der Waals surface area contributed by atoms with Gasteiger partial charge in [-0.2, -0.15) is 0 Å². The average molecular weight is 265 g/mol. The van der Waals surface area contributed by atoms with Crippen LogP contribution in [0.4, 0.5) is 0 Å². The van der Waals surface area contributed by atoms with Gasteiger partial charge in [0.1, 0.15) is 0 Å². The monoisotopic (exact) mass is 265 g/mol. The standard InChI is InChI=1S/C18H35N/c1-14(2)19-13-16-9-10-18(3,4)12-17(16)11-15-7-5-6-8-15/h14-17,19H,5-13H2,1-4H3. The zero-order valence-electron chi connectivity index (χ0n) is 13.7. The summed E-state index contributed by atoms with van der Waals surface area (Å²) >= 11 is 0. The Morgan fingerprint density at radius 1 is 1.05 bits per heavy atom. The van der Waals surface area contributed by atoms with Gasteiger partial charge in [-0.15, -0.1) is 0 Å². The maximum atomic E-state index is 3.70. The fourth-order valence-electron chi connectivity index (χ4n) is 4.40. The third kappa shape index (κ3) is 4.77. The number of hydrogen-bond donors (Lipinski definition) is 1. The van der Waals surface area contributed by atoms with E-state index in [1.165, 1.54) is 57.9 Å². The van der Waals surface area contributed by atoms with Gasteiger partial charge in [0.25, 0.3) is 0 Å². The van der Waals surface area contributed by atoms with E-state index in [4.69, 9.17) is 0 Å². The second kappa shape index (κ2) is 6.61. The average Bonchev–Trinajstić information content (AvgIpc) is 2.79. The van der Waals surface area contributed by atoms with Crippen molar-refractivity contribution < 1.29 is 0 Å². The van der Waals surface area contributed by atoms with E-state index >= 15 is 0 Å². The molecule has 2 saturated carbocycles. The van der Waals surface area contributed by atoms with Crippen LogP contribution in [0, 0.1) is 23.2 Å². The molecule has 2 fully saturated rings. The lowest BCUT2D eigenvalue weighted by atomic mass is 9.65. The van der Waals surface area contributed by atoms with Gasteiger partial charge in [0.15, 0.2) is 0 Å². The second-order valence-electron chi connectivity index (χ2n) is 8.38. The van der Waals surface area contributed by atoms with Gasteiger partial charge in [-0.1, -0.05) is 53.4 Å². The van der Waals surface area contributed by atoms with Crippen molar-refractivity contribution in [1.82, 2.24) is 5.32 Å². The molecule has 0 heterocycles. The summed E-state index contributed by atoms with van der Waals surface area (Å²) < 4.78 is 0. The van der Waals surface area contributed by atoms with Crippen LogP contribution >= 0.6 is 0 Å². The van der Waals surface area contributed by atoms with Crippen molar-refractivity contribution in [1.29, 1.82) is 0 Å².